The van der Waals surface area contributed by atoms with E-state index in [9.17, 15) is 5.11 Å². The van der Waals surface area contributed by atoms with Crippen LogP contribution in [0.4, 0.5) is 0 Å². The van der Waals surface area contributed by atoms with Crippen LogP contribution in [-0.2, 0) is 4.74 Å². The first-order valence-corrected chi connectivity index (χ1v) is 3.97. The molecule has 0 amide bonds. The third-order valence-electron chi connectivity index (χ3n) is 1.74. The van der Waals surface area contributed by atoms with E-state index in [0.29, 0.717) is 5.90 Å². The van der Waals surface area contributed by atoms with E-state index in [1.807, 2.05) is 30.3 Å². The van der Waals surface area contributed by atoms with Gasteiger partial charge in [0.1, 0.15) is 0 Å². The molecule has 4 heteroatoms. The maximum Gasteiger partial charge on any atom is 0.249 e. The third kappa shape index (κ3) is 1.68. The quantitative estimate of drug-likeness (QED) is 0.598. The van der Waals surface area contributed by atoms with Crippen LogP contribution in [0.2, 0.25) is 0 Å². The monoisotopic (exact) mass is 178 g/mol. The van der Waals surface area contributed by atoms with Crippen LogP contribution in [0.3, 0.4) is 0 Å². The zero-order valence-corrected chi connectivity index (χ0v) is 6.97. The summed E-state index contributed by atoms with van der Waals surface area (Å²) >= 11 is 0. The van der Waals surface area contributed by atoms with Crippen molar-refractivity contribution in [3.8, 4) is 0 Å². The second-order valence-corrected chi connectivity index (χ2v) is 2.95. The van der Waals surface area contributed by atoms with Gasteiger partial charge >= 0.3 is 0 Å². The number of ether oxygens (including phenoxy) is 1. The second-order valence-electron chi connectivity index (χ2n) is 2.95. The van der Waals surface area contributed by atoms with E-state index in [1.54, 1.807) is 0 Å². The average Bonchev–Trinajstić information content (AvgIpc) is 2.48. The lowest BCUT2D eigenvalue weighted by Crippen LogP contribution is -2.38. The van der Waals surface area contributed by atoms with Crippen molar-refractivity contribution in [2.24, 2.45) is 10.7 Å². The number of aliphatic hydroxyl groups is 1. The first-order chi connectivity index (χ1) is 6.17. The van der Waals surface area contributed by atoms with Crippen LogP contribution in [-0.4, -0.2) is 23.5 Å². The van der Waals surface area contributed by atoms with Gasteiger partial charge in [0, 0.05) is 5.56 Å². The molecule has 2 rings (SSSR count). The van der Waals surface area contributed by atoms with Gasteiger partial charge in [0.2, 0.25) is 11.7 Å². The lowest BCUT2D eigenvalue weighted by molar-refractivity contribution is 0.0293. The van der Waals surface area contributed by atoms with Gasteiger partial charge in [-0.15, -0.1) is 0 Å². The minimum absolute atomic E-state index is 0.0111. The molecule has 0 radical (unpaired) electrons. The van der Waals surface area contributed by atoms with Crippen molar-refractivity contribution < 1.29 is 9.84 Å². The summed E-state index contributed by atoms with van der Waals surface area (Å²) in [5.41, 5.74) is 6.17. The Hall–Kier alpha value is -1.39. The first-order valence-electron chi connectivity index (χ1n) is 3.97. The van der Waals surface area contributed by atoms with E-state index in [1.165, 1.54) is 0 Å². The highest BCUT2D eigenvalue weighted by molar-refractivity contribution is 5.95. The molecule has 1 aliphatic rings. The summed E-state index contributed by atoms with van der Waals surface area (Å²) in [4.78, 5) is 3.82. The van der Waals surface area contributed by atoms with Crippen LogP contribution in [0.1, 0.15) is 5.56 Å². The van der Waals surface area contributed by atoms with Crippen LogP contribution in [0.15, 0.2) is 35.3 Å². The lowest BCUT2D eigenvalue weighted by Gasteiger charge is -2.06. The molecule has 1 aliphatic heterocycles. The Morgan fingerprint density at radius 3 is 2.62 bits per heavy atom. The van der Waals surface area contributed by atoms with E-state index in [0.717, 1.165) is 5.56 Å². The molecule has 0 saturated heterocycles. The molecule has 1 atom stereocenters. The fraction of sp³-hybridized carbons (Fsp3) is 0.222. The Balaban J connectivity index is 2.30. The van der Waals surface area contributed by atoms with Crippen LogP contribution < -0.4 is 5.73 Å². The summed E-state index contributed by atoms with van der Waals surface area (Å²) < 4.78 is 5.13. The van der Waals surface area contributed by atoms with E-state index >= 15 is 0 Å². The predicted molar refractivity (Wildman–Crippen MR) is 48.1 cm³/mol. The van der Waals surface area contributed by atoms with Gasteiger partial charge in [-0.05, 0) is 12.1 Å². The average molecular weight is 178 g/mol. The minimum Gasteiger partial charge on any atom is -0.471 e. The Morgan fingerprint density at radius 2 is 2.08 bits per heavy atom. The van der Waals surface area contributed by atoms with Gasteiger partial charge in [-0.1, -0.05) is 18.2 Å². The van der Waals surface area contributed by atoms with E-state index in [4.69, 9.17) is 10.5 Å². The van der Waals surface area contributed by atoms with Crippen molar-refractivity contribution >= 4 is 5.90 Å². The number of hydrogen-bond acceptors (Lipinski definition) is 4. The predicted octanol–water partition coefficient (Wildman–Crippen LogP) is 0.0682. The van der Waals surface area contributed by atoms with Crippen molar-refractivity contribution in [1.82, 2.24) is 0 Å². The highest BCUT2D eigenvalue weighted by atomic mass is 16.5. The lowest BCUT2D eigenvalue weighted by atomic mass is 10.2. The molecular weight excluding hydrogens is 168 g/mol. The molecular formula is C9H10N2O2. The molecule has 1 unspecified atom stereocenters. The SMILES string of the molecule is NC1(O)COC(c2ccccc2)=N1. The Bertz CT molecular complexity index is 333. The molecule has 3 N–H and O–H groups in total. The number of nitrogens with zero attached hydrogens (tertiary/aromatic N) is 1. The van der Waals surface area contributed by atoms with Crippen molar-refractivity contribution in [1.29, 1.82) is 0 Å². The van der Waals surface area contributed by atoms with Crippen molar-refractivity contribution in [2.45, 2.75) is 5.85 Å². The standard InChI is InChI=1S/C9H10N2O2/c10-9(12)6-13-8(11-9)7-4-2-1-3-5-7/h1-5,12H,6,10H2. The summed E-state index contributed by atoms with van der Waals surface area (Å²) in [6.07, 6.45) is 0. The van der Waals surface area contributed by atoms with Gasteiger partial charge in [-0.3, -0.25) is 5.73 Å². The van der Waals surface area contributed by atoms with E-state index < -0.39 is 5.85 Å². The van der Waals surface area contributed by atoms with Crippen molar-refractivity contribution in [3.05, 3.63) is 35.9 Å². The fourth-order valence-corrected chi connectivity index (χ4v) is 1.14. The molecule has 1 aromatic carbocycles. The normalized spacial score (nSPS) is 26.8. The summed E-state index contributed by atoms with van der Waals surface area (Å²) in [7, 11) is 0. The van der Waals surface area contributed by atoms with Crippen LogP contribution in [0, 0.1) is 0 Å². The molecule has 0 fully saturated rings. The molecule has 13 heavy (non-hydrogen) atoms. The third-order valence-corrected chi connectivity index (χ3v) is 1.74. The number of rotatable bonds is 1. The molecule has 0 aromatic heterocycles. The van der Waals surface area contributed by atoms with Gasteiger partial charge in [-0.25, -0.2) is 0 Å². The summed E-state index contributed by atoms with van der Waals surface area (Å²) in [6, 6.07) is 9.33. The zero-order chi connectivity index (χ0) is 9.31. The molecule has 1 aromatic rings. The molecule has 0 bridgehead atoms. The Morgan fingerprint density at radius 1 is 1.38 bits per heavy atom. The van der Waals surface area contributed by atoms with Crippen molar-refractivity contribution in [2.75, 3.05) is 6.61 Å². The molecule has 4 nitrogen and oxygen atoms in total. The highest BCUT2D eigenvalue weighted by Crippen LogP contribution is 2.14. The highest BCUT2D eigenvalue weighted by Gasteiger charge is 2.29. The van der Waals surface area contributed by atoms with Crippen LogP contribution >= 0.6 is 0 Å². The first kappa shape index (κ1) is 8.22. The number of nitrogens with two attached hydrogens (primary N) is 1. The largest absolute Gasteiger partial charge is 0.471 e. The van der Waals surface area contributed by atoms with Gasteiger partial charge in [0.25, 0.3) is 0 Å². The summed E-state index contributed by atoms with van der Waals surface area (Å²) in [5.74, 6) is -1.17. The van der Waals surface area contributed by atoms with Crippen LogP contribution in [0.5, 0.6) is 0 Å². The number of hydrogen-bond donors (Lipinski definition) is 2. The number of aliphatic imine (C=N–C) groups is 1. The fourth-order valence-electron chi connectivity index (χ4n) is 1.14. The van der Waals surface area contributed by atoms with Gasteiger partial charge in [0.05, 0.1) is 0 Å². The van der Waals surface area contributed by atoms with Crippen LogP contribution in [0.25, 0.3) is 0 Å². The van der Waals surface area contributed by atoms with E-state index in [-0.39, 0.29) is 6.61 Å². The van der Waals surface area contributed by atoms with Gasteiger partial charge in [-0.2, -0.15) is 4.99 Å². The van der Waals surface area contributed by atoms with Crippen molar-refractivity contribution in [3.63, 3.8) is 0 Å². The molecule has 0 spiro atoms. The second kappa shape index (κ2) is 2.83. The maximum absolute atomic E-state index is 9.29. The molecule has 0 aliphatic carbocycles. The topological polar surface area (TPSA) is 67.8 Å². The van der Waals surface area contributed by atoms with Gasteiger partial charge in [0.15, 0.2) is 6.61 Å². The van der Waals surface area contributed by atoms with Gasteiger partial charge < -0.3 is 9.84 Å². The summed E-state index contributed by atoms with van der Waals surface area (Å²) in [5, 5.41) is 9.29. The Kier molecular flexibility index (Phi) is 1.79. The summed E-state index contributed by atoms with van der Waals surface area (Å²) in [6.45, 7) is 0.0111. The molecule has 1 heterocycles. The smallest absolute Gasteiger partial charge is 0.249 e. The van der Waals surface area contributed by atoms with E-state index in [2.05, 4.69) is 4.99 Å². The minimum atomic E-state index is -1.56. The Labute approximate surface area is 75.7 Å². The molecule has 68 valence electrons. The molecule has 0 saturated carbocycles. The zero-order valence-electron chi connectivity index (χ0n) is 6.97. The maximum atomic E-state index is 9.29. The number of benzene rings is 1.